The Morgan fingerprint density at radius 2 is 2.07 bits per heavy atom. The fourth-order valence-corrected chi connectivity index (χ4v) is 5.25. The van der Waals surface area contributed by atoms with Crippen molar-refractivity contribution in [2.24, 2.45) is 13.0 Å². The number of rotatable bonds is 4. The van der Waals surface area contributed by atoms with E-state index in [1.807, 2.05) is 13.0 Å². The number of aryl methyl sites for hydroxylation is 1. The predicted octanol–water partition coefficient (Wildman–Crippen LogP) is 3.03. The van der Waals surface area contributed by atoms with Gasteiger partial charge >= 0.3 is 0 Å². The Morgan fingerprint density at radius 1 is 1.31 bits per heavy atom. The average Bonchev–Trinajstić information content (AvgIpc) is 3.11. The summed E-state index contributed by atoms with van der Waals surface area (Å²) in [5.74, 6) is 0.160. The highest BCUT2D eigenvalue weighted by atomic mass is 16.5. The number of ether oxygens (including phenoxy) is 1. The number of carbonyl (C=O) groups is 1. The first-order valence-electron chi connectivity index (χ1n) is 10.5. The van der Waals surface area contributed by atoms with Crippen molar-refractivity contribution in [1.82, 2.24) is 15.1 Å². The number of benzene rings is 1. The Labute approximate surface area is 172 Å². The first kappa shape index (κ1) is 20.1. The smallest absolute Gasteiger partial charge is 0.254 e. The van der Waals surface area contributed by atoms with E-state index in [4.69, 9.17) is 4.74 Å². The summed E-state index contributed by atoms with van der Waals surface area (Å²) in [5.41, 5.74) is 0.946. The van der Waals surface area contributed by atoms with Crippen LogP contribution in [0.5, 0.6) is 0 Å². The SMILES string of the molecule is Cn1cc(C(=O)NC[C@@H]2CC[C@@]3(C)C[C@H](c4ccccc4)C[C@](C)(O3)[C@H]2O)cn1. The molecule has 0 radical (unpaired) electrons. The zero-order chi connectivity index (χ0) is 20.6. The van der Waals surface area contributed by atoms with Crippen LogP contribution in [-0.2, 0) is 11.8 Å². The Morgan fingerprint density at radius 3 is 2.76 bits per heavy atom. The van der Waals surface area contributed by atoms with Crippen LogP contribution in [-0.4, -0.2) is 44.6 Å². The zero-order valence-corrected chi connectivity index (χ0v) is 17.5. The number of aromatic nitrogens is 2. The molecule has 1 aromatic carbocycles. The van der Waals surface area contributed by atoms with Gasteiger partial charge in [0.1, 0.15) is 0 Å². The topological polar surface area (TPSA) is 76.4 Å². The van der Waals surface area contributed by atoms with Crippen LogP contribution in [0.4, 0.5) is 0 Å². The molecule has 6 heteroatoms. The minimum Gasteiger partial charge on any atom is -0.390 e. The van der Waals surface area contributed by atoms with Gasteiger partial charge in [-0.2, -0.15) is 5.10 Å². The third-order valence-corrected chi connectivity index (χ3v) is 6.69. The maximum absolute atomic E-state index is 12.4. The van der Waals surface area contributed by atoms with E-state index < -0.39 is 11.7 Å². The van der Waals surface area contributed by atoms with E-state index in [2.05, 4.69) is 41.6 Å². The van der Waals surface area contributed by atoms with Gasteiger partial charge in [-0.1, -0.05) is 30.3 Å². The summed E-state index contributed by atoms with van der Waals surface area (Å²) in [6.07, 6.45) is 6.04. The van der Waals surface area contributed by atoms with Gasteiger partial charge in [0.2, 0.25) is 0 Å². The Balaban J connectivity index is 1.49. The van der Waals surface area contributed by atoms with Crippen molar-refractivity contribution in [2.45, 2.75) is 62.8 Å². The van der Waals surface area contributed by atoms with Crippen molar-refractivity contribution in [3.63, 3.8) is 0 Å². The first-order chi connectivity index (χ1) is 13.8. The van der Waals surface area contributed by atoms with Gasteiger partial charge in [0, 0.05) is 25.7 Å². The molecule has 3 heterocycles. The number of amides is 1. The van der Waals surface area contributed by atoms with Gasteiger partial charge in [0.25, 0.3) is 5.91 Å². The highest BCUT2D eigenvalue weighted by Gasteiger charge is 2.52. The van der Waals surface area contributed by atoms with Crippen LogP contribution < -0.4 is 5.32 Å². The number of nitrogens with one attached hydrogen (secondary N) is 1. The highest BCUT2D eigenvalue weighted by Crippen LogP contribution is 2.50. The van der Waals surface area contributed by atoms with Gasteiger partial charge in [-0.05, 0) is 51.0 Å². The summed E-state index contributed by atoms with van der Waals surface area (Å²) in [5, 5.41) is 18.3. The highest BCUT2D eigenvalue weighted by molar-refractivity contribution is 5.93. The molecule has 0 spiro atoms. The Kier molecular flexibility index (Phi) is 5.25. The van der Waals surface area contributed by atoms with Crippen LogP contribution in [0.3, 0.4) is 0 Å². The monoisotopic (exact) mass is 397 g/mol. The van der Waals surface area contributed by atoms with Crippen molar-refractivity contribution in [2.75, 3.05) is 6.54 Å². The first-order valence-corrected chi connectivity index (χ1v) is 10.5. The van der Waals surface area contributed by atoms with Crippen LogP contribution in [0, 0.1) is 5.92 Å². The van der Waals surface area contributed by atoms with Gasteiger partial charge in [-0.3, -0.25) is 9.48 Å². The summed E-state index contributed by atoms with van der Waals surface area (Å²) in [6.45, 7) is 4.63. The molecule has 2 aliphatic heterocycles. The summed E-state index contributed by atoms with van der Waals surface area (Å²) < 4.78 is 8.14. The number of fused-ring (bicyclic) bond motifs is 2. The third-order valence-electron chi connectivity index (χ3n) is 6.69. The molecular formula is C23H31N3O3. The third kappa shape index (κ3) is 4.09. The number of aliphatic hydroxyl groups is 1. The Hall–Kier alpha value is -2.18. The van der Waals surface area contributed by atoms with Gasteiger partial charge in [0.15, 0.2) is 0 Å². The van der Waals surface area contributed by atoms with E-state index in [0.29, 0.717) is 18.0 Å². The van der Waals surface area contributed by atoms with Crippen LogP contribution in [0.2, 0.25) is 0 Å². The molecule has 1 amide bonds. The largest absolute Gasteiger partial charge is 0.390 e. The van der Waals surface area contributed by atoms with Crippen molar-refractivity contribution in [1.29, 1.82) is 0 Å². The van der Waals surface area contributed by atoms with E-state index in [0.717, 1.165) is 25.7 Å². The van der Waals surface area contributed by atoms with E-state index in [1.54, 1.807) is 24.1 Å². The number of nitrogens with zero attached hydrogens (tertiary/aromatic N) is 2. The van der Waals surface area contributed by atoms with E-state index in [-0.39, 0.29) is 17.4 Å². The summed E-state index contributed by atoms with van der Waals surface area (Å²) in [7, 11) is 1.79. The Bertz CT molecular complexity index is 867. The summed E-state index contributed by atoms with van der Waals surface area (Å²) in [6, 6.07) is 10.5. The van der Waals surface area contributed by atoms with Crippen molar-refractivity contribution in [3.05, 3.63) is 53.9 Å². The van der Waals surface area contributed by atoms with Crippen LogP contribution in [0.1, 0.15) is 61.4 Å². The van der Waals surface area contributed by atoms with Crippen molar-refractivity contribution in [3.8, 4) is 0 Å². The molecule has 29 heavy (non-hydrogen) atoms. The molecule has 6 nitrogen and oxygen atoms in total. The minimum atomic E-state index is -0.634. The maximum Gasteiger partial charge on any atom is 0.254 e. The maximum atomic E-state index is 12.4. The molecule has 2 fully saturated rings. The molecule has 5 atom stereocenters. The van der Waals surface area contributed by atoms with E-state index >= 15 is 0 Å². The van der Waals surface area contributed by atoms with Gasteiger partial charge in [-0.15, -0.1) is 0 Å². The van der Waals surface area contributed by atoms with E-state index in [9.17, 15) is 9.90 Å². The average molecular weight is 398 g/mol. The normalized spacial score (nSPS) is 34.4. The van der Waals surface area contributed by atoms with Crippen LogP contribution in [0.25, 0.3) is 0 Å². The van der Waals surface area contributed by atoms with Crippen LogP contribution >= 0.6 is 0 Å². The zero-order valence-electron chi connectivity index (χ0n) is 17.5. The lowest BCUT2D eigenvalue weighted by Gasteiger charge is -2.49. The number of hydrogen-bond donors (Lipinski definition) is 2. The molecular weight excluding hydrogens is 366 g/mol. The second kappa shape index (κ2) is 7.58. The lowest BCUT2D eigenvalue weighted by atomic mass is 9.74. The minimum absolute atomic E-state index is 0.0445. The molecule has 0 saturated carbocycles. The molecule has 0 aliphatic carbocycles. The summed E-state index contributed by atoms with van der Waals surface area (Å²) >= 11 is 0. The van der Waals surface area contributed by atoms with Gasteiger partial charge < -0.3 is 15.2 Å². The molecule has 4 rings (SSSR count). The fraction of sp³-hybridized carbons (Fsp3) is 0.565. The molecule has 1 aromatic heterocycles. The van der Waals surface area contributed by atoms with Crippen molar-refractivity contribution >= 4 is 5.91 Å². The predicted molar refractivity (Wildman–Crippen MR) is 111 cm³/mol. The van der Waals surface area contributed by atoms with E-state index in [1.165, 1.54) is 5.56 Å². The molecule has 2 aromatic rings. The quantitative estimate of drug-likeness (QED) is 0.831. The number of carbonyl (C=O) groups excluding carboxylic acids is 1. The molecule has 2 saturated heterocycles. The molecule has 2 N–H and O–H groups in total. The fourth-order valence-electron chi connectivity index (χ4n) is 5.25. The second-order valence-electron chi connectivity index (χ2n) is 9.24. The summed E-state index contributed by atoms with van der Waals surface area (Å²) in [4.78, 5) is 12.4. The van der Waals surface area contributed by atoms with Crippen molar-refractivity contribution < 1.29 is 14.6 Å². The number of hydrogen-bond acceptors (Lipinski definition) is 4. The van der Waals surface area contributed by atoms with Crippen LogP contribution in [0.15, 0.2) is 42.7 Å². The molecule has 2 aliphatic rings. The molecule has 2 bridgehead atoms. The standard InChI is InChI=1S/C23H31N3O3/c1-22-10-9-17(13-24-21(28)19-14-25-26(3)15-19)20(27)23(2,29-22)12-18(11-22)16-7-5-4-6-8-16/h4-8,14-15,17-18,20,27H,9-13H2,1-3H3,(H,24,28)/t17-,18-,20-,22-,23-/m0/s1. The molecule has 0 unspecified atom stereocenters. The lowest BCUT2D eigenvalue weighted by molar-refractivity contribution is -0.215. The van der Waals surface area contributed by atoms with Gasteiger partial charge in [0.05, 0.1) is 29.1 Å². The molecule has 156 valence electrons. The lowest BCUT2D eigenvalue weighted by Crippen LogP contribution is -2.54. The number of aliphatic hydroxyl groups excluding tert-OH is 1. The van der Waals surface area contributed by atoms with Gasteiger partial charge in [-0.25, -0.2) is 0 Å². The second-order valence-corrected chi connectivity index (χ2v) is 9.24.